The van der Waals surface area contributed by atoms with Crippen LogP contribution in [0.25, 0.3) is 5.57 Å². The second-order valence-corrected chi connectivity index (χ2v) is 7.24. The Labute approximate surface area is 214 Å². The minimum Gasteiger partial charge on any atom is -0.504 e. The predicted molar refractivity (Wildman–Crippen MR) is 139 cm³/mol. The summed E-state index contributed by atoms with van der Waals surface area (Å²) in [6.07, 6.45) is 2.71. The molecule has 0 saturated heterocycles. The zero-order valence-corrected chi connectivity index (χ0v) is 22.5. The van der Waals surface area contributed by atoms with Gasteiger partial charge in [0, 0.05) is 14.2 Å². The van der Waals surface area contributed by atoms with E-state index < -0.39 is 5.97 Å². The summed E-state index contributed by atoms with van der Waals surface area (Å²) in [4.78, 5) is 22.2. The molecule has 198 valence electrons. The van der Waals surface area contributed by atoms with Crippen LogP contribution in [0.5, 0.6) is 0 Å². The van der Waals surface area contributed by atoms with Crippen LogP contribution in [-0.4, -0.2) is 54.6 Å². The fourth-order valence-corrected chi connectivity index (χ4v) is 2.83. The van der Waals surface area contributed by atoms with Crippen molar-refractivity contribution in [3.8, 4) is 0 Å². The highest BCUT2D eigenvalue weighted by Gasteiger charge is 2.16. The van der Waals surface area contributed by atoms with Crippen LogP contribution in [0.3, 0.4) is 0 Å². The topological polar surface area (TPSA) is 89.5 Å². The van der Waals surface area contributed by atoms with Crippen LogP contribution in [0.15, 0.2) is 66.6 Å². The Kier molecular flexibility index (Phi) is 17.7. The van der Waals surface area contributed by atoms with Crippen molar-refractivity contribution in [2.75, 3.05) is 42.7 Å². The Morgan fingerprint density at radius 3 is 1.69 bits per heavy atom. The minimum absolute atomic E-state index is 0.364. The number of rotatable bonds is 9. The van der Waals surface area contributed by atoms with E-state index in [9.17, 15) is 9.59 Å². The normalized spacial score (nSPS) is 10.7. The van der Waals surface area contributed by atoms with Crippen LogP contribution in [-0.2, 0) is 51.2 Å². The van der Waals surface area contributed by atoms with Gasteiger partial charge in [0.1, 0.15) is 5.57 Å². The highest BCUT2D eigenvalue weighted by atomic mass is 16.5. The fourth-order valence-electron chi connectivity index (χ4n) is 2.83. The second kappa shape index (κ2) is 19.7. The van der Waals surface area contributed by atoms with E-state index in [1.807, 2.05) is 36.4 Å². The van der Waals surface area contributed by atoms with Crippen LogP contribution >= 0.6 is 0 Å². The molecule has 0 amide bonds. The van der Waals surface area contributed by atoms with Crippen molar-refractivity contribution in [3.05, 3.63) is 88.9 Å². The molecule has 0 bridgehead atoms. The molecule has 0 unspecified atom stereocenters. The number of ether oxygens (including phenoxy) is 6. The lowest BCUT2D eigenvalue weighted by molar-refractivity contribution is -0.136. The zero-order valence-electron chi connectivity index (χ0n) is 22.5. The van der Waals surface area contributed by atoms with Gasteiger partial charge in [-0.1, -0.05) is 48.5 Å². The van der Waals surface area contributed by atoms with E-state index in [1.165, 1.54) is 52.1 Å². The third-order valence-electron chi connectivity index (χ3n) is 4.61. The molecule has 0 N–H and O–H groups in total. The van der Waals surface area contributed by atoms with Crippen LogP contribution in [0.4, 0.5) is 0 Å². The Morgan fingerprint density at radius 2 is 1.19 bits per heavy atom. The third kappa shape index (κ3) is 12.2. The number of hydrogen-bond acceptors (Lipinski definition) is 8. The molecule has 8 nitrogen and oxygen atoms in total. The molecule has 0 saturated carbocycles. The summed E-state index contributed by atoms with van der Waals surface area (Å²) < 4.78 is 28.7. The number of methoxy groups -OCH3 is 6. The van der Waals surface area contributed by atoms with Crippen LogP contribution in [0.2, 0.25) is 0 Å². The molecule has 2 rings (SSSR count). The summed E-state index contributed by atoms with van der Waals surface area (Å²) in [5, 5.41) is 0. The van der Waals surface area contributed by atoms with Gasteiger partial charge in [-0.2, -0.15) is 0 Å². The van der Waals surface area contributed by atoms with Gasteiger partial charge in [-0.05, 0) is 36.1 Å². The number of carbonyl (C=O) groups excluding carboxylic acids is 2. The maximum atomic E-state index is 11.6. The van der Waals surface area contributed by atoms with Gasteiger partial charge in [-0.15, -0.1) is 0 Å². The van der Waals surface area contributed by atoms with Gasteiger partial charge in [0.05, 0.1) is 59.8 Å². The molecule has 0 aliphatic rings. The zero-order chi connectivity index (χ0) is 27.3. The van der Waals surface area contributed by atoms with Gasteiger partial charge in [0.15, 0.2) is 0 Å². The van der Waals surface area contributed by atoms with Gasteiger partial charge in [-0.3, -0.25) is 0 Å². The lowest BCUT2D eigenvalue weighted by atomic mass is 10.0. The van der Waals surface area contributed by atoms with Gasteiger partial charge in [-0.25, -0.2) is 9.59 Å². The van der Waals surface area contributed by atoms with Gasteiger partial charge < -0.3 is 28.4 Å². The van der Waals surface area contributed by atoms with Crippen molar-refractivity contribution in [3.63, 3.8) is 0 Å². The molecule has 0 fully saturated rings. The molecule has 0 radical (unpaired) electrons. The van der Waals surface area contributed by atoms with E-state index in [4.69, 9.17) is 18.9 Å². The number of benzene rings is 2. The van der Waals surface area contributed by atoms with Crippen LogP contribution in [0.1, 0.15) is 29.2 Å². The summed E-state index contributed by atoms with van der Waals surface area (Å²) in [6, 6.07) is 15.7. The van der Waals surface area contributed by atoms with E-state index in [0.29, 0.717) is 24.4 Å². The quantitative estimate of drug-likeness (QED) is 0.273. The van der Waals surface area contributed by atoms with E-state index in [-0.39, 0.29) is 5.97 Å². The largest absolute Gasteiger partial charge is 0.504 e. The monoisotopic (exact) mass is 502 g/mol. The maximum Gasteiger partial charge on any atom is 0.341 e. The van der Waals surface area contributed by atoms with Gasteiger partial charge in [0.2, 0.25) is 0 Å². The number of esters is 2. The maximum absolute atomic E-state index is 11.6. The summed E-state index contributed by atoms with van der Waals surface area (Å²) >= 11 is 0. The van der Waals surface area contributed by atoms with Crippen molar-refractivity contribution in [2.24, 2.45) is 0 Å². The lowest BCUT2D eigenvalue weighted by Gasteiger charge is -2.10. The predicted octanol–water partition coefficient (Wildman–Crippen LogP) is 4.84. The second-order valence-electron chi connectivity index (χ2n) is 7.24. The average Bonchev–Trinajstić information content (AvgIpc) is 2.89. The Bertz CT molecular complexity index is 979. The SMILES string of the molecule is CO/C=C(/C(=O)OC)c1ccccc1COC.CO/C=C(\C)C(=O)OC.COCc1ccccc1C. The molecule has 0 atom stereocenters. The Morgan fingerprint density at radius 1 is 0.694 bits per heavy atom. The first-order valence-electron chi connectivity index (χ1n) is 11.0. The first kappa shape index (κ1) is 32.4. The molecule has 0 spiro atoms. The summed E-state index contributed by atoms with van der Waals surface area (Å²) in [6.45, 7) is 4.85. The van der Waals surface area contributed by atoms with Crippen molar-refractivity contribution in [1.82, 2.24) is 0 Å². The van der Waals surface area contributed by atoms with Crippen molar-refractivity contribution in [1.29, 1.82) is 0 Å². The molecular formula is C28H38O8. The van der Waals surface area contributed by atoms with E-state index >= 15 is 0 Å². The molecular weight excluding hydrogens is 464 g/mol. The molecule has 2 aromatic rings. The summed E-state index contributed by atoms with van der Waals surface area (Å²) in [5.74, 6) is -0.799. The van der Waals surface area contributed by atoms with Gasteiger partial charge in [0.25, 0.3) is 0 Å². The molecule has 2 aromatic carbocycles. The first-order chi connectivity index (χ1) is 17.3. The first-order valence-corrected chi connectivity index (χ1v) is 11.0. The van der Waals surface area contributed by atoms with Crippen molar-refractivity contribution >= 4 is 17.5 Å². The fraction of sp³-hybridized carbons (Fsp3) is 0.357. The standard InChI is InChI=1S/C13H16O4.C9H12O.C6H10O3/c1-15-8-10-6-4-5-7-11(10)12(9-16-2)13(14)17-3;1-8-5-3-4-6-9(8)7-10-2;1-5(4-8-2)6(7)9-3/h4-7,9H,8H2,1-3H3;3-6H,7H2,1-2H3;4H,1-3H3/b12-9+;;5-4+. The number of carbonyl (C=O) groups is 2. The number of hydrogen-bond donors (Lipinski definition) is 0. The lowest BCUT2D eigenvalue weighted by Crippen LogP contribution is -2.07. The Hall–Kier alpha value is -3.62. The molecule has 0 aliphatic heterocycles. The van der Waals surface area contributed by atoms with Gasteiger partial charge >= 0.3 is 11.9 Å². The molecule has 36 heavy (non-hydrogen) atoms. The van der Waals surface area contributed by atoms with E-state index in [2.05, 4.69) is 28.5 Å². The van der Waals surface area contributed by atoms with E-state index in [1.54, 1.807) is 21.1 Å². The average molecular weight is 503 g/mol. The highest BCUT2D eigenvalue weighted by molar-refractivity contribution is 6.16. The van der Waals surface area contributed by atoms with Crippen LogP contribution < -0.4 is 0 Å². The van der Waals surface area contributed by atoms with E-state index in [0.717, 1.165) is 11.1 Å². The minimum atomic E-state index is -0.435. The highest BCUT2D eigenvalue weighted by Crippen LogP contribution is 2.21. The van der Waals surface area contributed by atoms with Crippen molar-refractivity contribution < 1.29 is 38.0 Å². The molecule has 8 heteroatoms. The summed E-state index contributed by atoms with van der Waals surface area (Å²) in [5.41, 5.74) is 5.06. The third-order valence-corrected chi connectivity index (χ3v) is 4.61. The summed E-state index contributed by atoms with van der Waals surface area (Å²) in [7, 11) is 8.95. The molecule has 0 aromatic heterocycles. The molecule has 0 heterocycles. The molecule has 0 aliphatic carbocycles. The van der Waals surface area contributed by atoms with Crippen molar-refractivity contribution in [2.45, 2.75) is 27.1 Å². The van der Waals surface area contributed by atoms with Crippen LogP contribution in [0, 0.1) is 6.92 Å². The Balaban J connectivity index is 0.000000551. The smallest absolute Gasteiger partial charge is 0.341 e. The number of aryl methyl sites for hydroxylation is 1.